The molecule has 7 nitrogen and oxygen atoms in total. The Hall–Kier alpha value is -3.07. The van der Waals surface area contributed by atoms with E-state index in [1.54, 1.807) is 48.5 Å². The van der Waals surface area contributed by atoms with Crippen molar-refractivity contribution >= 4 is 62.1 Å². The molecule has 1 saturated heterocycles. The van der Waals surface area contributed by atoms with Gasteiger partial charge in [0.15, 0.2) is 0 Å². The van der Waals surface area contributed by atoms with Gasteiger partial charge in [0.2, 0.25) is 10.0 Å². The Morgan fingerprint density at radius 2 is 1.74 bits per heavy atom. The molecule has 176 valence electrons. The summed E-state index contributed by atoms with van der Waals surface area (Å²) in [5.41, 5.74) is 2.84. The van der Waals surface area contributed by atoms with E-state index in [2.05, 4.69) is 10.6 Å². The molecule has 4 rings (SSSR count). The predicted octanol–water partition coefficient (Wildman–Crippen LogP) is 5.35. The fraction of sp³-hybridized carbons (Fsp3) is 0.167. The second-order valence-corrected chi connectivity index (χ2v) is 10.7. The number of hydrogen-bond acceptors (Lipinski definition) is 4. The van der Waals surface area contributed by atoms with Gasteiger partial charge in [-0.1, -0.05) is 35.3 Å². The van der Waals surface area contributed by atoms with Crippen molar-refractivity contribution in [3.8, 4) is 0 Å². The molecule has 1 fully saturated rings. The lowest BCUT2D eigenvalue weighted by Gasteiger charge is -2.18. The van der Waals surface area contributed by atoms with Gasteiger partial charge < -0.3 is 10.6 Å². The summed E-state index contributed by atoms with van der Waals surface area (Å²) < 4.78 is 25.6. The summed E-state index contributed by atoms with van der Waals surface area (Å²) in [6, 6.07) is 16.3. The zero-order valence-corrected chi connectivity index (χ0v) is 20.5. The fourth-order valence-corrected chi connectivity index (χ4v) is 5.64. The Morgan fingerprint density at radius 3 is 2.41 bits per heavy atom. The highest BCUT2D eigenvalue weighted by molar-refractivity contribution is 7.93. The van der Waals surface area contributed by atoms with Crippen molar-refractivity contribution in [1.82, 2.24) is 0 Å². The lowest BCUT2D eigenvalue weighted by Crippen LogP contribution is -2.25. The Kier molecular flexibility index (Phi) is 6.84. The van der Waals surface area contributed by atoms with Crippen LogP contribution in [0.25, 0.3) is 0 Å². The maximum Gasteiger partial charge on any atom is 0.257 e. The highest BCUT2D eigenvalue weighted by atomic mass is 35.5. The van der Waals surface area contributed by atoms with Gasteiger partial charge in [0.05, 0.1) is 22.0 Å². The molecule has 10 heteroatoms. The summed E-state index contributed by atoms with van der Waals surface area (Å²) in [5, 5.41) is 6.19. The van der Waals surface area contributed by atoms with Gasteiger partial charge >= 0.3 is 0 Å². The Bertz CT molecular complexity index is 1390. The number of sulfonamides is 1. The second kappa shape index (κ2) is 9.66. The Balaban J connectivity index is 1.51. The van der Waals surface area contributed by atoms with Crippen LogP contribution in [0.2, 0.25) is 10.0 Å². The SMILES string of the molecule is Cc1ccc(NC(=O)c2ccc(N3CCCS3(=O)=O)cc2Cl)cc1NC(=O)c1cccc(Cl)c1. The monoisotopic (exact) mass is 517 g/mol. The van der Waals surface area contributed by atoms with Gasteiger partial charge in [-0.25, -0.2) is 8.42 Å². The van der Waals surface area contributed by atoms with Crippen molar-refractivity contribution in [2.45, 2.75) is 13.3 Å². The smallest absolute Gasteiger partial charge is 0.257 e. The quantitative estimate of drug-likeness (QED) is 0.476. The van der Waals surface area contributed by atoms with Crippen LogP contribution in [-0.4, -0.2) is 32.5 Å². The summed E-state index contributed by atoms with van der Waals surface area (Å²) >= 11 is 12.3. The molecule has 3 aromatic carbocycles. The number of carbonyl (C=O) groups excluding carboxylic acids is 2. The van der Waals surface area contributed by atoms with Crippen LogP contribution >= 0.6 is 23.2 Å². The number of carbonyl (C=O) groups is 2. The van der Waals surface area contributed by atoms with Crippen molar-refractivity contribution in [3.05, 3.63) is 87.4 Å². The first-order valence-electron chi connectivity index (χ1n) is 10.4. The minimum atomic E-state index is -3.35. The van der Waals surface area contributed by atoms with E-state index in [-0.39, 0.29) is 22.2 Å². The van der Waals surface area contributed by atoms with Gasteiger partial charge in [0, 0.05) is 28.5 Å². The van der Waals surface area contributed by atoms with E-state index < -0.39 is 15.9 Å². The Morgan fingerprint density at radius 1 is 0.941 bits per heavy atom. The van der Waals surface area contributed by atoms with Gasteiger partial charge in [-0.15, -0.1) is 0 Å². The summed E-state index contributed by atoms with van der Waals surface area (Å²) in [6.07, 6.45) is 0.547. The molecule has 0 atom stereocenters. The molecule has 1 aliphatic rings. The van der Waals surface area contributed by atoms with E-state index in [1.807, 2.05) is 6.92 Å². The maximum absolute atomic E-state index is 12.8. The predicted molar refractivity (Wildman–Crippen MR) is 136 cm³/mol. The number of halogens is 2. The van der Waals surface area contributed by atoms with Gasteiger partial charge in [-0.05, 0) is 67.4 Å². The van der Waals surface area contributed by atoms with Crippen LogP contribution < -0.4 is 14.9 Å². The largest absolute Gasteiger partial charge is 0.322 e. The van der Waals surface area contributed by atoms with Crippen LogP contribution in [0, 0.1) is 6.92 Å². The van der Waals surface area contributed by atoms with Crippen LogP contribution in [0.4, 0.5) is 17.1 Å². The number of rotatable bonds is 5. The minimum Gasteiger partial charge on any atom is -0.322 e. The molecule has 0 unspecified atom stereocenters. The molecular formula is C24H21Cl2N3O4S. The third-order valence-corrected chi connectivity index (χ3v) is 7.83. The van der Waals surface area contributed by atoms with Crippen molar-refractivity contribution in [2.75, 3.05) is 27.2 Å². The molecule has 2 N–H and O–H groups in total. The van der Waals surface area contributed by atoms with E-state index in [4.69, 9.17) is 23.2 Å². The van der Waals surface area contributed by atoms with E-state index in [1.165, 1.54) is 16.4 Å². The van der Waals surface area contributed by atoms with Crippen LogP contribution in [-0.2, 0) is 10.0 Å². The number of benzene rings is 3. The van der Waals surface area contributed by atoms with Gasteiger partial charge in [-0.3, -0.25) is 13.9 Å². The molecule has 0 bridgehead atoms. The molecule has 2 amide bonds. The maximum atomic E-state index is 12.8. The molecular weight excluding hydrogens is 497 g/mol. The van der Waals surface area contributed by atoms with Crippen LogP contribution in [0.1, 0.15) is 32.7 Å². The normalized spacial score (nSPS) is 14.6. The number of amides is 2. The molecule has 3 aromatic rings. The molecule has 0 radical (unpaired) electrons. The number of nitrogens with one attached hydrogen (secondary N) is 2. The van der Waals surface area contributed by atoms with Crippen molar-refractivity contribution in [1.29, 1.82) is 0 Å². The first-order chi connectivity index (χ1) is 16.1. The molecule has 1 heterocycles. The molecule has 1 aliphatic heterocycles. The van der Waals surface area contributed by atoms with Gasteiger partial charge in [0.1, 0.15) is 0 Å². The minimum absolute atomic E-state index is 0.0937. The van der Waals surface area contributed by atoms with Gasteiger partial charge in [0.25, 0.3) is 11.8 Å². The summed E-state index contributed by atoms with van der Waals surface area (Å²) in [6.45, 7) is 2.22. The van der Waals surface area contributed by atoms with E-state index >= 15 is 0 Å². The van der Waals surface area contributed by atoms with Crippen molar-refractivity contribution in [2.24, 2.45) is 0 Å². The van der Waals surface area contributed by atoms with Crippen molar-refractivity contribution in [3.63, 3.8) is 0 Å². The van der Waals surface area contributed by atoms with Gasteiger partial charge in [-0.2, -0.15) is 0 Å². The highest BCUT2D eigenvalue weighted by Gasteiger charge is 2.29. The van der Waals surface area contributed by atoms with E-state index in [0.717, 1.165) is 5.56 Å². The summed E-state index contributed by atoms with van der Waals surface area (Å²) in [7, 11) is -3.35. The van der Waals surface area contributed by atoms with E-state index in [0.29, 0.717) is 40.6 Å². The molecule has 0 aromatic heterocycles. The third-order valence-electron chi connectivity index (χ3n) is 5.42. The fourth-order valence-electron chi connectivity index (χ4n) is 3.63. The topological polar surface area (TPSA) is 95.6 Å². The number of anilines is 3. The van der Waals surface area contributed by atoms with E-state index in [9.17, 15) is 18.0 Å². The summed E-state index contributed by atoms with van der Waals surface area (Å²) in [5.74, 6) is -0.697. The highest BCUT2D eigenvalue weighted by Crippen LogP contribution is 2.29. The standard InChI is InChI=1S/C24H21Cl2N3O4S/c1-15-6-7-18(13-22(15)28-23(30)16-4-2-5-17(25)12-16)27-24(31)20-9-8-19(14-21(20)26)29-10-3-11-34(29,32)33/h2,4-9,12-14H,3,10-11H2,1H3,(H,27,31)(H,28,30). The first-order valence-corrected chi connectivity index (χ1v) is 12.8. The lowest BCUT2D eigenvalue weighted by molar-refractivity contribution is 0.101. The number of hydrogen-bond donors (Lipinski definition) is 2. The third kappa shape index (κ3) is 5.19. The molecule has 0 spiro atoms. The van der Waals surface area contributed by atoms with Crippen molar-refractivity contribution < 1.29 is 18.0 Å². The zero-order chi connectivity index (χ0) is 24.5. The summed E-state index contributed by atoms with van der Waals surface area (Å²) in [4.78, 5) is 25.4. The first kappa shape index (κ1) is 24.1. The molecule has 0 aliphatic carbocycles. The average Bonchev–Trinajstić information content (AvgIpc) is 3.14. The van der Waals surface area contributed by atoms with Crippen LogP contribution in [0.15, 0.2) is 60.7 Å². The average molecular weight is 518 g/mol. The number of aryl methyl sites for hydroxylation is 1. The molecule has 34 heavy (non-hydrogen) atoms. The molecule has 0 saturated carbocycles. The Labute approximate surface area is 207 Å². The second-order valence-electron chi connectivity index (χ2n) is 7.85. The number of nitrogens with zero attached hydrogens (tertiary/aromatic N) is 1. The van der Waals surface area contributed by atoms with Crippen LogP contribution in [0.3, 0.4) is 0 Å². The lowest BCUT2D eigenvalue weighted by atomic mass is 10.1. The van der Waals surface area contributed by atoms with Crippen LogP contribution in [0.5, 0.6) is 0 Å². The zero-order valence-electron chi connectivity index (χ0n) is 18.1.